The molecular formula is C55H70O13. The van der Waals surface area contributed by atoms with Gasteiger partial charge in [-0.2, -0.15) is 0 Å². The van der Waals surface area contributed by atoms with Crippen LogP contribution in [0.5, 0.6) is 0 Å². The lowest BCUT2D eigenvalue weighted by molar-refractivity contribution is -0.369. The molecule has 0 amide bonds. The van der Waals surface area contributed by atoms with Crippen LogP contribution in [0.25, 0.3) is 0 Å². The first kappa shape index (κ1) is 52.6. The second-order valence-corrected chi connectivity index (χ2v) is 19.2. The molecule has 13 heteroatoms. The van der Waals surface area contributed by atoms with Gasteiger partial charge in [-0.3, -0.25) is 9.59 Å². The molecule has 4 aromatic rings. The Labute approximate surface area is 401 Å². The van der Waals surface area contributed by atoms with Crippen LogP contribution in [0.3, 0.4) is 0 Å². The molecule has 10 atom stereocenters. The van der Waals surface area contributed by atoms with E-state index in [-0.39, 0.29) is 46.2 Å². The van der Waals surface area contributed by atoms with Crippen molar-refractivity contribution in [1.82, 2.24) is 0 Å². The topological polar surface area (TPSA) is 147 Å². The number of allylic oxidation sites excluding steroid dienone is 1. The smallest absolute Gasteiger partial charge is 0.311 e. The molecule has 0 radical (unpaired) electrons. The van der Waals surface area contributed by atoms with Crippen LogP contribution < -0.4 is 0 Å². The summed E-state index contributed by atoms with van der Waals surface area (Å²) in [6.07, 6.45) is -8.68. The fourth-order valence-electron chi connectivity index (χ4n) is 7.53. The lowest BCUT2D eigenvalue weighted by Gasteiger charge is -2.49. The molecule has 68 heavy (non-hydrogen) atoms. The van der Waals surface area contributed by atoms with Crippen LogP contribution in [0.4, 0.5) is 0 Å². The van der Waals surface area contributed by atoms with Gasteiger partial charge >= 0.3 is 11.9 Å². The van der Waals surface area contributed by atoms with Gasteiger partial charge in [-0.15, -0.1) is 6.58 Å². The third-order valence-electron chi connectivity index (χ3n) is 11.4. The van der Waals surface area contributed by atoms with E-state index in [1.54, 1.807) is 47.6 Å². The molecule has 13 nitrogen and oxygen atoms in total. The fourth-order valence-corrected chi connectivity index (χ4v) is 7.53. The third-order valence-corrected chi connectivity index (χ3v) is 11.4. The molecule has 1 N–H and O–H groups in total. The number of aliphatic hydroxyl groups excluding tert-OH is 1. The van der Waals surface area contributed by atoms with Gasteiger partial charge in [0.1, 0.15) is 36.6 Å². The van der Waals surface area contributed by atoms with Gasteiger partial charge in [0, 0.05) is 0 Å². The minimum atomic E-state index is -1.42. The highest BCUT2D eigenvalue weighted by Gasteiger charge is 2.56. The van der Waals surface area contributed by atoms with Gasteiger partial charge in [-0.25, -0.2) is 0 Å². The van der Waals surface area contributed by atoms with Gasteiger partial charge < -0.3 is 52.5 Å². The largest absolute Gasteiger partial charge is 0.454 e. The average molecular weight is 939 g/mol. The lowest BCUT2D eigenvalue weighted by atomic mass is 9.94. The zero-order chi connectivity index (χ0) is 48.5. The van der Waals surface area contributed by atoms with Crippen molar-refractivity contribution in [3.05, 3.63) is 156 Å². The summed E-state index contributed by atoms with van der Waals surface area (Å²) in [7, 11) is 0. The number of hydrogen-bond donors (Lipinski definition) is 1. The normalized spacial score (nSPS) is 25.3. The first-order valence-corrected chi connectivity index (χ1v) is 23.5. The number of esters is 2. The number of unbranched alkanes of at least 4 members (excludes halogenated alkanes) is 1. The Morgan fingerprint density at radius 3 is 1.41 bits per heavy atom. The quantitative estimate of drug-likeness (QED) is 0.0430. The summed E-state index contributed by atoms with van der Waals surface area (Å²) in [5.74, 6) is -1.10. The van der Waals surface area contributed by atoms with Gasteiger partial charge in [0.15, 0.2) is 24.8 Å². The van der Waals surface area contributed by atoms with Crippen molar-refractivity contribution in [3.63, 3.8) is 0 Å². The van der Waals surface area contributed by atoms with Crippen molar-refractivity contribution in [2.24, 2.45) is 10.8 Å². The van der Waals surface area contributed by atoms with Gasteiger partial charge in [0.25, 0.3) is 0 Å². The molecule has 368 valence electrons. The Bertz CT molecular complexity index is 2090. The summed E-state index contributed by atoms with van der Waals surface area (Å²) in [6.45, 7) is 15.1. The molecular weight excluding hydrogens is 869 g/mol. The van der Waals surface area contributed by atoms with Crippen LogP contribution in [-0.4, -0.2) is 98.3 Å². The number of carbonyl (C=O) groups is 2. The van der Waals surface area contributed by atoms with Crippen molar-refractivity contribution < 1.29 is 62.1 Å². The second-order valence-electron chi connectivity index (χ2n) is 19.2. The molecule has 0 bridgehead atoms. The molecule has 0 aromatic heterocycles. The minimum absolute atomic E-state index is 0.0312. The average Bonchev–Trinajstić information content (AvgIpc) is 3.32. The van der Waals surface area contributed by atoms with Gasteiger partial charge in [0.05, 0.1) is 57.1 Å². The highest BCUT2D eigenvalue weighted by atomic mass is 16.8. The summed E-state index contributed by atoms with van der Waals surface area (Å²) < 4.78 is 65.8. The molecule has 4 aromatic carbocycles. The van der Waals surface area contributed by atoms with E-state index in [1.165, 1.54) is 0 Å². The molecule has 2 saturated heterocycles. The second kappa shape index (κ2) is 25.7. The van der Waals surface area contributed by atoms with E-state index in [4.69, 9.17) is 47.4 Å². The van der Waals surface area contributed by atoms with E-state index in [0.717, 1.165) is 22.3 Å². The lowest BCUT2D eigenvalue weighted by Crippen LogP contribution is -2.67. The maximum absolute atomic E-state index is 14.0. The molecule has 0 unspecified atom stereocenters. The molecule has 0 spiro atoms. The number of aliphatic hydroxyl groups is 1. The van der Waals surface area contributed by atoms with E-state index in [0.29, 0.717) is 12.8 Å². The van der Waals surface area contributed by atoms with E-state index < -0.39 is 84.2 Å². The highest BCUT2D eigenvalue weighted by molar-refractivity contribution is 5.76. The summed E-state index contributed by atoms with van der Waals surface area (Å²) in [6, 6.07) is 38.4. The Morgan fingerprint density at radius 2 is 0.956 bits per heavy atom. The van der Waals surface area contributed by atoms with E-state index in [1.807, 2.05) is 121 Å². The van der Waals surface area contributed by atoms with Gasteiger partial charge in [-0.1, -0.05) is 127 Å². The Hall–Kier alpha value is -4.80. The van der Waals surface area contributed by atoms with Crippen LogP contribution in [0, 0.1) is 10.8 Å². The summed E-state index contributed by atoms with van der Waals surface area (Å²) in [4.78, 5) is 27.9. The van der Waals surface area contributed by atoms with Crippen LogP contribution in [0.2, 0.25) is 0 Å². The van der Waals surface area contributed by atoms with Crippen molar-refractivity contribution in [3.8, 4) is 0 Å². The number of ether oxygens (including phenoxy) is 10. The van der Waals surface area contributed by atoms with Crippen molar-refractivity contribution in [1.29, 1.82) is 0 Å². The standard InChI is InChI=1S/C55H70O13/c1-8-9-22-31-61-50-49(68-53(58)55(5,6)7)47(63-35-41-29-20-13-21-30-41)45(43(65-50)37-60-33-39-25-16-11-17-26-39)66-51-48(67-52(57)54(2,3)4)46(62-34-40-27-18-12-19-28-40)44(56)42(64-51)36-59-32-38-23-14-10-15-24-38/h8,10-21,23-30,42-51,56H,1,9,22,31-37H2,2-7H3/t42-,43-,44+,45-,46+,47+,48-,49-,50-,51+/m1/s1. The Morgan fingerprint density at radius 1 is 0.544 bits per heavy atom. The molecule has 0 saturated carbocycles. The highest BCUT2D eigenvalue weighted by Crippen LogP contribution is 2.37. The summed E-state index contributed by atoms with van der Waals surface area (Å²) in [5, 5.41) is 12.2. The maximum atomic E-state index is 14.0. The van der Waals surface area contributed by atoms with Crippen LogP contribution in [-0.2, 0) is 83.4 Å². The van der Waals surface area contributed by atoms with Crippen LogP contribution >= 0.6 is 0 Å². The molecule has 2 aliphatic rings. The number of benzene rings is 4. The zero-order valence-corrected chi connectivity index (χ0v) is 40.3. The number of carbonyl (C=O) groups excluding carboxylic acids is 2. The summed E-state index contributed by atoms with van der Waals surface area (Å²) in [5.41, 5.74) is 1.64. The first-order valence-electron chi connectivity index (χ1n) is 23.5. The summed E-state index contributed by atoms with van der Waals surface area (Å²) >= 11 is 0. The van der Waals surface area contributed by atoms with Crippen molar-refractivity contribution in [2.45, 2.75) is 142 Å². The third kappa shape index (κ3) is 15.6. The predicted octanol–water partition coefficient (Wildman–Crippen LogP) is 8.69. The molecule has 6 rings (SSSR count). The molecule has 2 fully saturated rings. The van der Waals surface area contributed by atoms with Gasteiger partial charge in [0.2, 0.25) is 0 Å². The van der Waals surface area contributed by atoms with E-state index >= 15 is 0 Å². The van der Waals surface area contributed by atoms with Crippen LogP contribution in [0.1, 0.15) is 76.6 Å². The van der Waals surface area contributed by atoms with Crippen molar-refractivity contribution >= 4 is 11.9 Å². The monoisotopic (exact) mass is 938 g/mol. The molecule has 2 aliphatic heterocycles. The zero-order valence-electron chi connectivity index (χ0n) is 40.3. The number of hydrogen-bond acceptors (Lipinski definition) is 13. The Kier molecular flexibility index (Phi) is 19.9. The molecule has 0 aliphatic carbocycles. The van der Waals surface area contributed by atoms with E-state index in [9.17, 15) is 14.7 Å². The SMILES string of the molecule is C=CCCCO[C@@H]1O[C@H](COCc2ccccc2)[C@@H](O[C@@H]2O[C@H](COCc3ccccc3)[C@H](O)[C@H](OCc3ccccc3)[C@H]2OC(=O)C(C)(C)C)[C@H](OCc2ccccc2)[C@H]1OC(=O)C(C)(C)C. The fraction of sp³-hybridized carbons (Fsp3) is 0.491. The predicted molar refractivity (Wildman–Crippen MR) is 254 cm³/mol. The minimum Gasteiger partial charge on any atom is -0.454 e. The first-order chi connectivity index (χ1) is 32.7. The van der Waals surface area contributed by atoms with Gasteiger partial charge in [-0.05, 0) is 76.6 Å². The number of rotatable bonds is 23. The maximum Gasteiger partial charge on any atom is 0.311 e. The Balaban J connectivity index is 1.43. The van der Waals surface area contributed by atoms with Crippen molar-refractivity contribution in [2.75, 3.05) is 19.8 Å². The molecule has 2 heterocycles. The van der Waals surface area contributed by atoms with Crippen LogP contribution in [0.15, 0.2) is 134 Å². The van der Waals surface area contributed by atoms with E-state index in [2.05, 4.69) is 6.58 Å².